The molecule has 0 saturated heterocycles. The third-order valence-corrected chi connectivity index (χ3v) is 4.65. The number of nitrogens with one attached hydrogen (secondary N) is 2. The molecule has 1 heterocycles. The second-order valence-corrected chi connectivity index (χ2v) is 6.75. The minimum absolute atomic E-state index is 0.158. The molecule has 2 aromatic carbocycles. The summed E-state index contributed by atoms with van der Waals surface area (Å²) in [5.41, 5.74) is 6.50. The normalized spacial score (nSPS) is 10.6. The fourth-order valence-electron chi connectivity index (χ4n) is 3.17. The number of benzene rings is 2. The van der Waals surface area contributed by atoms with E-state index in [9.17, 15) is 4.79 Å². The van der Waals surface area contributed by atoms with E-state index in [-0.39, 0.29) is 6.03 Å². The van der Waals surface area contributed by atoms with Crippen LogP contribution in [-0.2, 0) is 13.0 Å². The molecule has 0 fully saturated rings. The molecule has 0 atom stereocenters. The van der Waals surface area contributed by atoms with Gasteiger partial charge in [-0.2, -0.15) is 5.10 Å². The number of aryl methyl sites for hydroxylation is 2. The van der Waals surface area contributed by atoms with Crippen molar-refractivity contribution in [2.75, 3.05) is 6.54 Å². The zero-order chi connectivity index (χ0) is 19.2. The van der Waals surface area contributed by atoms with Gasteiger partial charge in [-0.15, -0.1) is 0 Å². The summed E-state index contributed by atoms with van der Waals surface area (Å²) in [7, 11) is 0. The quantitative estimate of drug-likeness (QED) is 0.700. The van der Waals surface area contributed by atoms with Crippen molar-refractivity contribution in [3.63, 3.8) is 0 Å². The predicted molar refractivity (Wildman–Crippen MR) is 108 cm³/mol. The Morgan fingerprint density at radius 2 is 1.78 bits per heavy atom. The van der Waals surface area contributed by atoms with Gasteiger partial charge in [-0.1, -0.05) is 48.0 Å². The average Bonchev–Trinajstić information content (AvgIpc) is 2.95. The highest BCUT2D eigenvalue weighted by Gasteiger charge is 2.13. The maximum atomic E-state index is 12.1. The molecule has 3 aromatic rings. The molecule has 0 aliphatic carbocycles. The van der Waals surface area contributed by atoms with Crippen LogP contribution in [0, 0.1) is 20.8 Å². The number of nitrogens with zero attached hydrogens (tertiary/aromatic N) is 2. The van der Waals surface area contributed by atoms with E-state index in [1.807, 2.05) is 54.9 Å². The van der Waals surface area contributed by atoms with Crippen LogP contribution < -0.4 is 10.6 Å². The van der Waals surface area contributed by atoms with Crippen LogP contribution in [-0.4, -0.2) is 22.4 Å². The summed E-state index contributed by atoms with van der Waals surface area (Å²) >= 11 is 0. The Hall–Kier alpha value is -3.08. The van der Waals surface area contributed by atoms with E-state index in [0.29, 0.717) is 13.1 Å². The van der Waals surface area contributed by atoms with Crippen molar-refractivity contribution in [3.05, 3.63) is 82.7 Å². The molecule has 5 nitrogen and oxygen atoms in total. The third kappa shape index (κ3) is 4.76. The standard InChI is InChI=1S/C22H26N4O/c1-16-8-7-9-19(14-16)12-13-23-22(27)24-15-21-17(2)25-26(18(21)3)20-10-5-4-6-11-20/h4-11,14H,12-13,15H2,1-3H3,(H2,23,24,27). The highest BCUT2D eigenvalue weighted by atomic mass is 16.2. The zero-order valence-corrected chi connectivity index (χ0v) is 16.1. The number of aromatic nitrogens is 2. The highest BCUT2D eigenvalue weighted by Crippen LogP contribution is 2.17. The fourth-order valence-corrected chi connectivity index (χ4v) is 3.17. The van der Waals surface area contributed by atoms with E-state index in [4.69, 9.17) is 0 Å². The van der Waals surface area contributed by atoms with Crippen LogP contribution >= 0.6 is 0 Å². The first-order chi connectivity index (χ1) is 13.0. The molecule has 5 heteroatoms. The summed E-state index contributed by atoms with van der Waals surface area (Å²) in [4.78, 5) is 12.1. The van der Waals surface area contributed by atoms with Crippen molar-refractivity contribution in [2.45, 2.75) is 33.7 Å². The van der Waals surface area contributed by atoms with Crippen molar-refractivity contribution < 1.29 is 4.79 Å². The molecule has 0 aliphatic heterocycles. The zero-order valence-electron chi connectivity index (χ0n) is 16.1. The summed E-state index contributed by atoms with van der Waals surface area (Å²) < 4.78 is 1.92. The molecular formula is C22H26N4O. The molecule has 0 spiro atoms. The number of carbonyl (C=O) groups excluding carboxylic acids is 1. The minimum atomic E-state index is -0.158. The Morgan fingerprint density at radius 1 is 1.00 bits per heavy atom. The molecule has 0 aliphatic rings. The second kappa shape index (κ2) is 8.54. The Balaban J connectivity index is 1.54. The van der Waals surface area contributed by atoms with E-state index in [1.165, 1.54) is 11.1 Å². The number of hydrogen-bond acceptors (Lipinski definition) is 2. The first kappa shape index (κ1) is 18.7. The molecule has 140 valence electrons. The van der Waals surface area contributed by atoms with Crippen LogP contribution in [0.5, 0.6) is 0 Å². The molecule has 0 bridgehead atoms. The molecule has 0 saturated carbocycles. The smallest absolute Gasteiger partial charge is 0.315 e. The van der Waals surface area contributed by atoms with Crippen LogP contribution in [0.2, 0.25) is 0 Å². The lowest BCUT2D eigenvalue weighted by atomic mass is 10.1. The van der Waals surface area contributed by atoms with Gasteiger partial charge in [0.2, 0.25) is 0 Å². The van der Waals surface area contributed by atoms with E-state index in [1.54, 1.807) is 0 Å². The van der Waals surface area contributed by atoms with E-state index >= 15 is 0 Å². The fraction of sp³-hybridized carbons (Fsp3) is 0.273. The summed E-state index contributed by atoms with van der Waals surface area (Å²) in [6, 6.07) is 18.2. The maximum absolute atomic E-state index is 12.1. The molecule has 27 heavy (non-hydrogen) atoms. The molecule has 2 N–H and O–H groups in total. The van der Waals surface area contributed by atoms with Gasteiger partial charge in [-0.3, -0.25) is 0 Å². The van der Waals surface area contributed by atoms with Gasteiger partial charge < -0.3 is 10.6 Å². The lowest BCUT2D eigenvalue weighted by molar-refractivity contribution is 0.240. The first-order valence-corrected chi connectivity index (χ1v) is 9.22. The molecule has 0 radical (unpaired) electrons. The molecular weight excluding hydrogens is 336 g/mol. The minimum Gasteiger partial charge on any atom is -0.338 e. The highest BCUT2D eigenvalue weighted by molar-refractivity contribution is 5.73. The van der Waals surface area contributed by atoms with Crippen molar-refractivity contribution in [3.8, 4) is 5.69 Å². The number of urea groups is 1. The molecule has 3 rings (SSSR count). The van der Waals surface area contributed by atoms with Crippen LogP contribution in [0.1, 0.15) is 28.1 Å². The van der Waals surface area contributed by atoms with E-state index < -0.39 is 0 Å². The predicted octanol–water partition coefficient (Wildman–Crippen LogP) is 3.84. The lowest BCUT2D eigenvalue weighted by Gasteiger charge is -2.09. The van der Waals surface area contributed by atoms with Gasteiger partial charge in [-0.25, -0.2) is 9.48 Å². The van der Waals surface area contributed by atoms with Gasteiger partial charge in [0.05, 0.1) is 11.4 Å². The Bertz CT molecular complexity index is 915. The van der Waals surface area contributed by atoms with Gasteiger partial charge in [0.25, 0.3) is 0 Å². The summed E-state index contributed by atoms with van der Waals surface area (Å²) in [5.74, 6) is 0. The largest absolute Gasteiger partial charge is 0.338 e. The topological polar surface area (TPSA) is 59.0 Å². The number of hydrogen-bond donors (Lipinski definition) is 2. The van der Waals surface area contributed by atoms with Crippen molar-refractivity contribution in [1.82, 2.24) is 20.4 Å². The summed E-state index contributed by atoms with van der Waals surface area (Å²) in [5, 5.41) is 10.5. The van der Waals surface area contributed by atoms with Crippen LogP contribution in [0.4, 0.5) is 4.79 Å². The lowest BCUT2D eigenvalue weighted by Crippen LogP contribution is -2.36. The number of carbonyl (C=O) groups is 1. The van der Waals surface area contributed by atoms with Crippen molar-refractivity contribution >= 4 is 6.03 Å². The van der Waals surface area contributed by atoms with E-state index in [2.05, 4.69) is 40.9 Å². The number of rotatable bonds is 6. The van der Waals surface area contributed by atoms with Gasteiger partial charge in [0.1, 0.15) is 0 Å². The van der Waals surface area contributed by atoms with Crippen molar-refractivity contribution in [1.29, 1.82) is 0 Å². The summed E-state index contributed by atoms with van der Waals surface area (Å²) in [6.07, 6.45) is 0.819. The SMILES string of the molecule is Cc1cccc(CCNC(=O)NCc2c(C)nn(-c3ccccc3)c2C)c1. The first-order valence-electron chi connectivity index (χ1n) is 9.22. The number of para-hydroxylation sites is 1. The Morgan fingerprint density at radius 3 is 2.52 bits per heavy atom. The van der Waals surface area contributed by atoms with Gasteiger partial charge in [0, 0.05) is 24.3 Å². The second-order valence-electron chi connectivity index (χ2n) is 6.75. The number of amides is 2. The van der Waals surface area contributed by atoms with E-state index in [0.717, 1.165) is 29.1 Å². The summed E-state index contributed by atoms with van der Waals surface area (Å²) in [6.45, 7) is 7.14. The van der Waals surface area contributed by atoms with Gasteiger partial charge >= 0.3 is 6.03 Å². The molecule has 2 amide bonds. The maximum Gasteiger partial charge on any atom is 0.315 e. The van der Waals surface area contributed by atoms with Crippen LogP contribution in [0.15, 0.2) is 54.6 Å². The third-order valence-electron chi connectivity index (χ3n) is 4.65. The average molecular weight is 362 g/mol. The molecule has 1 aromatic heterocycles. The molecule has 0 unspecified atom stereocenters. The monoisotopic (exact) mass is 362 g/mol. The Kier molecular flexibility index (Phi) is 5.91. The van der Waals surface area contributed by atoms with Crippen LogP contribution in [0.25, 0.3) is 5.69 Å². The van der Waals surface area contributed by atoms with Gasteiger partial charge in [0.15, 0.2) is 0 Å². The Labute approximate surface area is 160 Å². The van der Waals surface area contributed by atoms with Crippen LogP contribution in [0.3, 0.4) is 0 Å². The van der Waals surface area contributed by atoms with Gasteiger partial charge in [-0.05, 0) is 44.9 Å². The van der Waals surface area contributed by atoms with Crippen molar-refractivity contribution in [2.24, 2.45) is 0 Å².